The molecule has 3 nitrogen and oxygen atoms in total. The molecule has 0 unspecified atom stereocenters. The number of hydrogen-bond donors (Lipinski definition) is 0. The first-order valence-electron chi connectivity index (χ1n) is 14.3. The molecule has 4 rings (SSSR count). The van der Waals surface area contributed by atoms with Crippen LogP contribution in [0, 0.1) is 29.4 Å². The van der Waals surface area contributed by atoms with Crippen LogP contribution in [-0.4, -0.2) is 25.4 Å². The Morgan fingerprint density at radius 3 is 2.18 bits per heavy atom. The molecular formula is C32H40F4O3. The van der Waals surface area contributed by atoms with Crippen molar-refractivity contribution < 1.29 is 31.8 Å². The fourth-order valence-corrected chi connectivity index (χ4v) is 5.78. The van der Waals surface area contributed by atoms with Gasteiger partial charge in [-0.3, -0.25) is 0 Å². The maximum Gasteiger partial charge on any atom is 0.421 e. The lowest BCUT2D eigenvalue weighted by Crippen LogP contribution is -2.34. The molecule has 0 radical (unpaired) electrons. The van der Waals surface area contributed by atoms with Crippen LogP contribution in [0.1, 0.15) is 71.1 Å². The van der Waals surface area contributed by atoms with Crippen molar-refractivity contribution in [1.29, 1.82) is 0 Å². The second-order valence-electron chi connectivity index (χ2n) is 11.1. The lowest BCUT2D eigenvalue weighted by atomic mass is 9.82. The van der Waals surface area contributed by atoms with Crippen LogP contribution in [0.3, 0.4) is 0 Å². The number of benzene rings is 2. The molecule has 2 aromatic carbocycles. The molecule has 2 fully saturated rings. The molecule has 2 aromatic rings. The first-order chi connectivity index (χ1) is 18.8. The molecule has 0 saturated heterocycles. The molecule has 0 amide bonds. The first-order valence-corrected chi connectivity index (χ1v) is 14.3. The zero-order valence-corrected chi connectivity index (χ0v) is 22.8. The van der Waals surface area contributed by atoms with Gasteiger partial charge in [0.15, 0.2) is 18.2 Å². The van der Waals surface area contributed by atoms with Crippen molar-refractivity contribution in [3.63, 3.8) is 0 Å². The Morgan fingerprint density at radius 1 is 0.872 bits per heavy atom. The summed E-state index contributed by atoms with van der Waals surface area (Å²) in [5.74, 6) is -0.804. The second kappa shape index (κ2) is 13.7. The van der Waals surface area contributed by atoms with E-state index >= 15 is 0 Å². The molecule has 0 aliphatic heterocycles. The zero-order chi connectivity index (χ0) is 27.8. The molecule has 0 atom stereocenters. The summed E-state index contributed by atoms with van der Waals surface area (Å²) >= 11 is 0. The van der Waals surface area contributed by atoms with Crippen LogP contribution >= 0.6 is 0 Å². The third kappa shape index (κ3) is 8.23. The maximum absolute atomic E-state index is 14.9. The van der Waals surface area contributed by atoms with Gasteiger partial charge in [-0.05, 0) is 98.9 Å². The van der Waals surface area contributed by atoms with Crippen LogP contribution in [0.5, 0.6) is 11.5 Å². The fraction of sp³-hybridized carbons (Fsp3) is 0.562. The highest BCUT2D eigenvalue weighted by atomic mass is 19.3. The Balaban J connectivity index is 1.29. The van der Waals surface area contributed by atoms with Crippen molar-refractivity contribution in [3.8, 4) is 22.6 Å². The standard InChI is InChI=1S/C32H40F4O3/c1-3-5-23-10-14-26(15-11-23)38-21-32(35,36)39-27-16-12-25(13-17-27)28-18-19-29(31(34)30(28)33)37-20-24-8-6-22(4-2)7-9-24/h4,12-13,16-19,22-24,26H,2-3,5-11,14-15,20-21H2,1H3. The number of ether oxygens (including phenoxy) is 3. The average molecular weight is 549 g/mol. The molecule has 0 spiro atoms. The minimum Gasteiger partial charge on any atom is -0.490 e. The van der Waals surface area contributed by atoms with E-state index in [1.54, 1.807) is 0 Å². The Kier molecular flexibility index (Phi) is 10.3. The van der Waals surface area contributed by atoms with E-state index in [1.807, 2.05) is 6.08 Å². The second-order valence-corrected chi connectivity index (χ2v) is 11.1. The van der Waals surface area contributed by atoms with E-state index < -0.39 is 24.3 Å². The van der Waals surface area contributed by atoms with Gasteiger partial charge in [-0.25, -0.2) is 4.39 Å². The topological polar surface area (TPSA) is 27.7 Å². The van der Waals surface area contributed by atoms with Gasteiger partial charge in [0, 0.05) is 5.56 Å². The molecule has 2 aliphatic carbocycles. The highest BCUT2D eigenvalue weighted by Crippen LogP contribution is 2.34. The molecule has 7 heteroatoms. The SMILES string of the molecule is C=CC1CCC(COc2ccc(-c3ccc(OC(F)(F)COC4CCC(CCC)CC4)cc3)c(F)c2F)CC1. The van der Waals surface area contributed by atoms with E-state index in [9.17, 15) is 17.6 Å². The smallest absolute Gasteiger partial charge is 0.421 e. The lowest BCUT2D eigenvalue weighted by Gasteiger charge is -2.29. The van der Waals surface area contributed by atoms with Gasteiger partial charge < -0.3 is 14.2 Å². The average Bonchev–Trinajstić information content (AvgIpc) is 2.94. The predicted octanol–water partition coefficient (Wildman–Crippen LogP) is 9.35. The number of rotatable bonds is 12. The summed E-state index contributed by atoms with van der Waals surface area (Å²) in [6.07, 6.45) is 8.22. The van der Waals surface area contributed by atoms with Gasteiger partial charge in [-0.2, -0.15) is 13.2 Å². The molecular weight excluding hydrogens is 508 g/mol. The van der Waals surface area contributed by atoms with Crippen LogP contribution in [-0.2, 0) is 4.74 Å². The normalized spacial score (nSPS) is 23.8. The van der Waals surface area contributed by atoms with Crippen LogP contribution in [0.4, 0.5) is 17.6 Å². The molecule has 214 valence electrons. The summed E-state index contributed by atoms with van der Waals surface area (Å²) < 4.78 is 74.4. The van der Waals surface area contributed by atoms with Gasteiger partial charge in [0.25, 0.3) is 0 Å². The van der Waals surface area contributed by atoms with Gasteiger partial charge in [0.1, 0.15) is 5.75 Å². The van der Waals surface area contributed by atoms with E-state index in [-0.39, 0.29) is 23.2 Å². The van der Waals surface area contributed by atoms with Crippen molar-refractivity contribution >= 4 is 0 Å². The largest absolute Gasteiger partial charge is 0.490 e. The van der Waals surface area contributed by atoms with Gasteiger partial charge in [0.05, 0.1) is 12.7 Å². The highest BCUT2D eigenvalue weighted by Gasteiger charge is 2.34. The lowest BCUT2D eigenvalue weighted by molar-refractivity contribution is -0.222. The molecule has 2 aliphatic rings. The molecule has 0 N–H and O–H groups in total. The number of halogens is 4. The van der Waals surface area contributed by atoms with Crippen LogP contribution < -0.4 is 9.47 Å². The van der Waals surface area contributed by atoms with Gasteiger partial charge in [0.2, 0.25) is 5.82 Å². The first kappa shape index (κ1) is 29.4. The van der Waals surface area contributed by atoms with E-state index in [0.29, 0.717) is 29.9 Å². The summed E-state index contributed by atoms with van der Waals surface area (Å²) in [5.41, 5.74) is 0.364. The van der Waals surface area contributed by atoms with Gasteiger partial charge in [-0.15, -0.1) is 6.58 Å². The highest BCUT2D eigenvalue weighted by molar-refractivity contribution is 5.66. The minimum atomic E-state index is -3.50. The third-order valence-electron chi connectivity index (χ3n) is 8.16. The Hall–Kier alpha value is -2.54. The number of alkyl halides is 2. The predicted molar refractivity (Wildman–Crippen MR) is 145 cm³/mol. The molecule has 0 aromatic heterocycles. The summed E-state index contributed by atoms with van der Waals surface area (Å²) in [4.78, 5) is 0. The van der Waals surface area contributed by atoms with Crippen LogP contribution in [0.25, 0.3) is 11.1 Å². The fourth-order valence-electron chi connectivity index (χ4n) is 5.78. The quantitative estimate of drug-likeness (QED) is 0.195. The van der Waals surface area contributed by atoms with E-state index in [4.69, 9.17) is 14.2 Å². The summed E-state index contributed by atoms with van der Waals surface area (Å²) in [6, 6.07) is 8.35. The van der Waals surface area contributed by atoms with Crippen molar-refractivity contribution in [1.82, 2.24) is 0 Å². The van der Waals surface area contributed by atoms with Crippen molar-refractivity contribution in [2.24, 2.45) is 17.8 Å². The summed E-state index contributed by atoms with van der Waals surface area (Å²) in [7, 11) is 0. The maximum atomic E-state index is 14.9. The zero-order valence-electron chi connectivity index (χ0n) is 22.8. The summed E-state index contributed by atoms with van der Waals surface area (Å²) in [6.45, 7) is 5.51. The Bertz CT molecular complexity index is 1060. The molecule has 39 heavy (non-hydrogen) atoms. The van der Waals surface area contributed by atoms with Crippen molar-refractivity contribution in [3.05, 3.63) is 60.7 Å². The van der Waals surface area contributed by atoms with Gasteiger partial charge in [-0.1, -0.05) is 38.0 Å². The van der Waals surface area contributed by atoms with Crippen molar-refractivity contribution in [2.75, 3.05) is 13.2 Å². The van der Waals surface area contributed by atoms with Crippen LogP contribution in [0.2, 0.25) is 0 Å². The molecule has 2 saturated carbocycles. The van der Waals surface area contributed by atoms with E-state index in [2.05, 4.69) is 13.5 Å². The number of hydrogen-bond acceptors (Lipinski definition) is 3. The minimum absolute atomic E-state index is 0.0201. The van der Waals surface area contributed by atoms with Crippen molar-refractivity contribution in [2.45, 2.75) is 83.3 Å². The van der Waals surface area contributed by atoms with Crippen LogP contribution in [0.15, 0.2) is 49.1 Å². The third-order valence-corrected chi connectivity index (χ3v) is 8.16. The number of allylic oxidation sites excluding steroid dienone is 1. The van der Waals surface area contributed by atoms with Gasteiger partial charge >= 0.3 is 6.11 Å². The summed E-state index contributed by atoms with van der Waals surface area (Å²) in [5, 5.41) is 0. The Labute approximate surface area is 229 Å². The molecule has 0 bridgehead atoms. The monoisotopic (exact) mass is 548 g/mol. The Morgan fingerprint density at radius 2 is 1.54 bits per heavy atom. The van der Waals surface area contributed by atoms with E-state index in [0.717, 1.165) is 57.8 Å². The van der Waals surface area contributed by atoms with E-state index in [1.165, 1.54) is 42.8 Å². The molecule has 0 heterocycles.